The van der Waals surface area contributed by atoms with Crippen molar-refractivity contribution in [2.45, 2.75) is 46.1 Å². The molecular weight excluding hydrogens is 226 g/mol. The lowest BCUT2D eigenvalue weighted by Gasteiger charge is -2.35. The Kier molecular flexibility index (Phi) is 3.90. The number of benzene rings is 1. The van der Waals surface area contributed by atoms with Gasteiger partial charge in [0, 0.05) is 18.5 Å². The van der Waals surface area contributed by atoms with E-state index in [0.29, 0.717) is 0 Å². The number of hydrogen-bond acceptors (Lipinski definition) is 2. The average Bonchev–Trinajstić information content (AvgIpc) is 2.35. The second-order valence-corrected chi connectivity index (χ2v) is 4.88. The van der Waals surface area contributed by atoms with Gasteiger partial charge >= 0.3 is 0 Å². The van der Waals surface area contributed by atoms with Crippen LogP contribution in [-0.4, -0.2) is 18.6 Å². The van der Waals surface area contributed by atoms with Crippen molar-refractivity contribution >= 4 is 11.6 Å². The number of rotatable bonds is 3. The summed E-state index contributed by atoms with van der Waals surface area (Å²) in [7, 11) is 0. The van der Waals surface area contributed by atoms with E-state index in [9.17, 15) is 4.79 Å². The van der Waals surface area contributed by atoms with Gasteiger partial charge in [-0.2, -0.15) is 0 Å². The molecule has 0 saturated heterocycles. The van der Waals surface area contributed by atoms with Gasteiger partial charge in [0.15, 0.2) is 0 Å². The molecule has 1 aliphatic rings. The maximum Gasteiger partial charge on any atom is 0.224 e. The van der Waals surface area contributed by atoms with Crippen LogP contribution < -0.4 is 9.64 Å². The van der Waals surface area contributed by atoms with Crippen LogP contribution in [0, 0.1) is 0 Å². The van der Waals surface area contributed by atoms with Gasteiger partial charge in [-0.05, 0) is 38.3 Å². The molecule has 0 bridgehead atoms. The molecule has 3 nitrogen and oxygen atoms in total. The van der Waals surface area contributed by atoms with Crippen molar-refractivity contribution in [1.29, 1.82) is 0 Å². The standard InChI is InChI=1S/C15H21NO2/c1-4-10-18-15-7-5-6-14-13(15)9-8-11(2)16(14)12(3)17/h5-7,11H,4,8-10H2,1-3H3/t11-/m0/s1. The normalized spacial score (nSPS) is 18.4. The number of carbonyl (C=O) groups is 1. The fourth-order valence-electron chi connectivity index (χ4n) is 2.58. The Morgan fingerprint density at radius 1 is 1.50 bits per heavy atom. The Hall–Kier alpha value is -1.51. The third-order valence-electron chi connectivity index (χ3n) is 3.42. The molecule has 1 heterocycles. The van der Waals surface area contributed by atoms with Crippen LogP contribution in [0.5, 0.6) is 5.75 Å². The molecule has 0 N–H and O–H groups in total. The largest absolute Gasteiger partial charge is 0.493 e. The second kappa shape index (κ2) is 5.42. The molecule has 18 heavy (non-hydrogen) atoms. The Morgan fingerprint density at radius 3 is 2.94 bits per heavy atom. The number of anilines is 1. The molecule has 2 rings (SSSR count). The number of carbonyl (C=O) groups excluding carboxylic acids is 1. The molecule has 1 aromatic carbocycles. The molecule has 0 aromatic heterocycles. The summed E-state index contributed by atoms with van der Waals surface area (Å²) in [6.07, 6.45) is 2.98. The Morgan fingerprint density at radius 2 is 2.28 bits per heavy atom. The van der Waals surface area contributed by atoms with Crippen molar-refractivity contribution in [3.05, 3.63) is 23.8 Å². The molecule has 0 spiro atoms. The monoisotopic (exact) mass is 247 g/mol. The van der Waals surface area contributed by atoms with Crippen LogP contribution in [0.15, 0.2) is 18.2 Å². The first kappa shape index (κ1) is 12.9. The van der Waals surface area contributed by atoms with Gasteiger partial charge in [0.1, 0.15) is 5.75 Å². The van der Waals surface area contributed by atoms with E-state index in [4.69, 9.17) is 4.74 Å². The van der Waals surface area contributed by atoms with Gasteiger partial charge in [-0.1, -0.05) is 13.0 Å². The average molecular weight is 247 g/mol. The lowest BCUT2D eigenvalue weighted by molar-refractivity contribution is -0.117. The van der Waals surface area contributed by atoms with E-state index < -0.39 is 0 Å². The zero-order valence-electron chi connectivity index (χ0n) is 11.4. The quantitative estimate of drug-likeness (QED) is 0.821. The van der Waals surface area contributed by atoms with Gasteiger partial charge in [0.2, 0.25) is 5.91 Å². The third kappa shape index (κ3) is 2.35. The predicted molar refractivity (Wildman–Crippen MR) is 73.2 cm³/mol. The minimum Gasteiger partial charge on any atom is -0.493 e. The number of ether oxygens (including phenoxy) is 1. The van der Waals surface area contributed by atoms with Crippen LogP contribution in [0.1, 0.15) is 39.2 Å². The number of hydrogen-bond donors (Lipinski definition) is 0. The summed E-state index contributed by atoms with van der Waals surface area (Å²) in [6.45, 7) is 6.56. The minimum absolute atomic E-state index is 0.107. The van der Waals surface area contributed by atoms with Gasteiger partial charge < -0.3 is 9.64 Å². The molecule has 0 unspecified atom stereocenters. The van der Waals surface area contributed by atoms with Gasteiger partial charge in [-0.3, -0.25) is 4.79 Å². The SMILES string of the molecule is CCCOc1cccc2c1CC[C@H](C)N2C(C)=O. The summed E-state index contributed by atoms with van der Waals surface area (Å²) in [6, 6.07) is 6.27. The summed E-state index contributed by atoms with van der Waals surface area (Å²) < 4.78 is 5.78. The molecular formula is C15H21NO2. The third-order valence-corrected chi connectivity index (χ3v) is 3.42. The van der Waals surface area contributed by atoms with Gasteiger partial charge in [-0.15, -0.1) is 0 Å². The van der Waals surface area contributed by atoms with Crippen molar-refractivity contribution in [3.8, 4) is 5.75 Å². The van der Waals surface area contributed by atoms with Crippen molar-refractivity contribution in [1.82, 2.24) is 0 Å². The summed E-state index contributed by atoms with van der Waals surface area (Å²) in [5, 5.41) is 0. The van der Waals surface area contributed by atoms with Crippen molar-refractivity contribution in [3.63, 3.8) is 0 Å². The van der Waals surface area contributed by atoms with Crippen LogP contribution in [0.4, 0.5) is 5.69 Å². The molecule has 3 heteroatoms. The summed E-state index contributed by atoms with van der Waals surface area (Å²) >= 11 is 0. The van der Waals surface area contributed by atoms with Gasteiger partial charge in [0.05, 0.1) is 12.3 Å². The van der Waals surface area contributed by atoms with Gasteiger partial charge in [0.25, 0.3) is 0 Å². The second-order valence-electron chi connectivity index (χ2n) is 4.88. The molecule has 1 aliphatic heterocycles. The van der Waals surface area contributed by atoms with Crippen molar-refractivity contribution < 1.29 is 9.53 Å². The first-order valence-corrected chi connectivity index (χ1v) is 6.69. The maximum atomic E-state index is 11.8. The fraction of sp³-hybridized carbons (Fsp3) is 0.533. The Balaban J connectivity index is 2.38. The highest BCUT2D eigenvalue weighted by molar-refractivity contribution is 5.93. The van der Waals surface area contributed by atoms with Crippen LogP contribution >= 0.6 is 0 Å². The van der Waals surface area contributed by atoms with E-state index >= 15 is 0 Å². The first-order valence-electron chi connectivity index (χ1n) is 6.69. The van der Waals surface area contributed by atoms with Crippen LogP contribution in [0.2, 0.25) is 0 Å². The highest BCUT2D eigenvalue weighted by atomic mass is 16.5. The van der Waals surface area contributed by atoms with Crippen LogP contribution in [0.3, 0.4) is 0 Å². The molecule has 0 saturated carbocycles. The molecule has 0 fully saturated rings. The van der Waals surface area contributed by atoms with E-state index in [-0.39, 0.29) is 11.9 Å². The molecule has 0 radical (unpaired) electrons. The number of nitrogens with zero attached hydrogens (tertiary/aromatic N) is 1. The molecule has 0 aliphatic carbocycles. The highest BCUT2D eigenvalue weighted by Gasteiger charge is 2.27. The van der Waals surface area contributed by atoms with E-state index in [0.717, 1.165) is 37.3 Å². The predicted octanol–water partition coefficient (Wildman–Crippen LogP) is 3.16. The van der Waals surface area contributed by atoms with Crippen molar-refractivity contribution in [2.75, 3.05) is 11.5 Å². The first-order chi connectivity index (χ1) is 8.65. The molecule has 1 amide bonds. The molecule has 1 aromatic rings. The van der Waals surface area contributed by atoms with E-state index in [2.05, 4.69) is 13.8 Å². The lowest BCUT2D eigenvalue weighted by Crippen LogP contribution is -2.40. The number of amides is 1. The molecule has 98 valence electrons. The number of fused-ring (bicyclic) bond motifs is 1. The Labute approximate surface area is 109 Å². The summed E-state index contributed by atoms with van der Waals surface area (Å²) in [5.41, 5.74) is 2.20. The van der Waals surface area contributed by atoms with E-state index in [1.807, 2.05) is 23.1 Å². The van der Waals surface area contributed by atoms with E-state index in [1.54, 1.807) is 6.92 Å². The lowest BCUT2D eigenvalue weighted by atomic mass is 9.95. The molecule has 1 atom stereocenters. The van der Waals surface area contributed by atoms with Crippen molar-refractivity contribution in [2.24, 2.45) is 0 Å². The Bertz CT molecular complexity index is 442. The van der Waals surface area contributed by atoms with Gasteiger partial charge in [-0.25, -0.2) is 0 Å². The smallest absolute Gasteiger partial charge is 0.224 e. The maximum absolute atomic E-state index is 11.8. The highest BCUT2D eigenvalue weighted by Crippen LogP contribution is 2.36. The summed E-state index contributed by atoms with van der Waals surface area (Å²) in [4.78, 5) is 13.7. The minimum atomic E-state index is 0.107. The zero-order valence-corrected chi connectivity index (χ0v) is 11.4. The van der Waals surface area contributed by atoms with Crippen LogP contribution in [-0.2, 0) is 11.2 Å². The van der Waals surface area contributed by atoms with E-state index in [1.165, 1.54) is 5.56 Å². The topological polar surface area (TPSA) is 29.5 Å². The van der Waals surface area contributed by atoms with Crippen LogP contribution in [0.25, 0.3) is 0 Å². The summed E-state index contributed by atoms with van der Waals surface area (Å²) in [5.74, 6) is 1.04. The zero-order chi connectivity index (χ0) is 13.1. The fourth-order valence-corrected chi connectivity index (χ4v) is 2.58.